The number of hydrogen-bond donors (Lipinski definition) is 1. The Morgan fingerprint density at radius 2 is 2.12 bits per heavy atom. The van der Waals surface area contributed by atoms with Crippen LogP contribution in [0.15, 0.2) is 46.0 Å². The van der Waals surface area contributed by atoms with Gasteiger partial charge in [0.1, 0.15) is 11.9 Å². The maximum Gasteiger partial charge on any atom is 0.255 e. The lowest BCUT2D eigenvalue weighted by Crippen LogP contribution is -2.37. The van der Waals surface area contributed by atoms with Gasteiger partial charge in [0.15, 0.2) is 0 Å². The van der Waals surface area contributed by atoms with Gasteiger partial charge in [0.05, 0.1) is 0 Å². The van der Waals surface area contributed by atoms with Crippen LogP contribution in [0.25, 0.3) is 10.8 Å². The summed E-state index contributed by atoms with van der Waals surface area (Å²) in [5.41, 5.74) is 2.37. The summed E-state index contributed by atoms with van der Waals surface area (Å²) in [6.45, 7) is 5.17. The van der Waals surface area contributed by atoms with Gasteiger partial charge in [-0.3, -0.25) is 9.69 Å². The minimum Gasteiger partial charge on any atom is -0.490 e. The monoisotopic (exact) mass is 354 g/mol. The van der Waals surface area contributed by atoms with Crippen LogP contribution in [0.1, 0.15) is 24.0 Å². The number of H-pyrrole nitrogens is 1. The SMILES string of the molecule is Cc1cc2c(=O)[nH]ccc2cc1OC1CCN(Cc2ccsc2)CC1. The molecule has 4 nitrogen and oxygen atoms in total. The van der Waals surface area contributed by atoms with Crippen molar-refractivity contribution >= 4 is 22.1 Å². The number of thiophene rings is 1. The fourth-order valence-corrected chi connectivity index (χ4v) is 4.12. The Balaban J connectivity index is 1.42. The molecule has 0 atom stereocenters. The normalized spacial score (nSPS) is 16.4. The van der Waals surface area contributed by atoms with E-state index in [0.717, 1.165) is 54.6 Å². The molecule has 0 aliphatic carbocycles. The first-order chi connectivity index (χ1) is 12.2. The van der Waals surface area contributed by atoms with Crippen LogP contribution in [-0.4, -0.2) is 29.1 Å². The van der Waals surface area contributed by atoms with Crippen LogP contribution in [0.5, 0.6) is 5.75 Å². The number of rotatable bonds is 4. The lowest BCUT2D eigenvalue weighted by Gasteiger charge is -2.32. The highest BCUT2D eigenvalue weighted by Crippen LogP contribution is 2.27. The van der Waals surface area contributed by atoms with Gasteiger partial charge < -0.3 is 9.72 Å². The molecule has 0 amide bonds. The molecule has 25 heavy (non-hydrogen) atoms. The summed E-state index contributed by atoms with van der Waals surface area (Å²) < 4.78 is 6.28. The second kappa shape index (κ2) is 7.02. The van der Waals surface area contributed by atoms with Crippen LogP contribution in [-0.2, 0) is 6.54 Å². The lowest BCUT2D eigenvalue weighted by molar-refractivity contribution is 0.0964. The van der Waals surface area contributed by atoms with Crippen LogP contribution in [0.4, 0.5) is 0 Å². The first-order valence-electron chi connectivity index (χ1n) is 8.71. The van der Waals surface area contributed by atoms with Gasteiger partial charge in [-0.25, -0.2) is 0 Å². The van der Waals surface area contributed by atoms with E-state index in [1.165, 1.54) is 5.56 Å². The Morgan fingerprint density at radius 3 is 2.88 bits per heavy atom. The molecule has 1 saturated heterocycles. The van der Waals surface area contributed by atoms with E-state index in [9.17, 15) is 4.79 Å². The van der Waals surface area contributed by atoms with Gasteiger partial charge in [0.25, 0.3) is 5.56 Å². The number of aromatic amines is 1. The van der Waals surface area contributed by atoms with Crippen LogP contribution in [0.3, 0.4) is 0 Å². The molecule has 4 rings (SSSR count). The molecular weight excluding hydrogens is 332 g/mol. The molecule has 3 aromatic rings. The summed E-state index contributed by atoms with van der Waals surface area (Å²) in [4.78, 5) is 17.1. The number of ether oxygens (including phenoxy) is 1. The number of nitrogens with one attached hydrogen (secondary N) is 1. The van der Waals surface area contributed by atoms with Crippen LogP contribution in [0, 0.1) is 6.92 Å². The van der Waals surface area contributed by atoms with Crippen molar-refractivity contribution in [3.8, 4) is 5.75 Å². The van der Waals surface area contributed by atoms with E-state index in [2.05, 4.69) is 26.7 Å². The summed E-state index contributed by atoms with van der Waals surface area (Å²) in [6.07, 6.45) is 4.01. The highest BCUT2D eigenvalue weighted by atomic mass is 32.1. The molecule has 0 spiro atoms. The summed E-state index contributed by atoms with van der Waals surface area (Å²) >= 11 is 1.76. The average Bonchev–Trinajstić information content (AvgIpc) is 3.11. The molecule has 0 bridgehead atoms. The fraction of sp³-hybridized carbons (Fsp3) is 0.350. The van der Waals surface area contributed by atoms with Crippen LogP contribution >= 0.6 is 11.3 Å². The molecule has 1 aliphatic heterocycles. The number of benzene rings is 1. The molecular formula is C20H22N2O2S. The van der Waals surface area contributed by atoms with E-state index in [-0.39, 0.29) is 11.7 Å². The Kier molecular flexibility index (Phi) is 4.59. The smallest absolute Gasteiger partial charge is 0.255 e. The summed E-state index contributed by atoms with van der Waals surface area (Å²) in [5.74, 6) is 0.898. The third-order valence-electron chi connectivity index (χ3n) is 4.88. The summed E-state index contributed by atoms with van der Waals surface area (Å²) in [6, 6.07) is 8.05. The van der Waals surface area contributed by atoms with E-state index in [1.54, 1.807) is 17.5 Å². The van der Waals surface area contributed by atoms with Crippen molar-refractivity contribution in [2.75, 3.05) is 13.1 Å². The molecule has 130 valence electrons. The highest BCUT2D eigenvalue weighted by Gasteiger charge is 2.21. The summed E-state index contributed by atoms with van der Waals surface area (Å²) in [7, 11) is 0. The number of fused-ring (bicyclic) bond motifs is 1. The summed E-state index contributed by atoms with van der Waals surface area (Å²) in [5, 5.41) is 6.01. The topological polar surface area (TPSA) is 45.3 Å². The van der Waals surface area contributed by atoms with Gasteiger partial charge in [-0.15, -0.1) is 0 Å². The van der Waals surface area contributed by atoms with Gasteiger partial charge in [-0.1, -0.05) is 0 Å². The second-order valence-corrected chi connectivity index (χ2v) is 7.52. The van der Waals surface area contributed by atoms with Gasteiger partial charge in [0.2, 0.25) is 0 Å². The van der Waals surface area contributed by atoms with Gasteiger partial charge >= 0.3 is 0 Å². The minimum absolute atomic E-state index is 0.0473. The van der Waals surface area contributed by atoms with Crippen molar-refractivity contribution in [1.82, 2.24) is 9.88 Å². The average molecular weight is 354 g/mol. The Hall–Kier alpha value is -2.11. The van der Waals surface area contributed by atoms with Crippen molar-refractivity contribution in [3.05, 3.63) is 62.7 Å². The molecule has 0 radical (unpaired) electrons. The highest BCUT2D eigenvalue weighted by molar-refractivity contribution is 7.07. The lowest BCUT2D eigenvalue weighted by atomic mass is 10.1. The molecule has 1 aliphatic rings. The predicted octanol–water partition coefficient (Wildman–Crippen LogP) is 3.94. The first kappa shape index (κ1) is 16.4. The van der Waals surface area contributed by atoms with E-state index in [0.29, 0.717) is 0 Å². The third-order valence-corrected chi connectivity index (χ3v) is 5.62. The molecule has 2 aromatic heterocycles. The predicted molar refractivity (Wildman–Crippen MR) is 103 cm³/mol. The largest absolute Gasteiger partial charge is 0.490 e. The molecule has 0 unspecified atom stereocenters. The Labute approximate surface area is 151 Å². The number of piperidine rings is 1. The maximum atomic E-state index is 11.9. The zero-order valence-corrected chi connectivity index (χ0v) is 15.1. The Morgan fingerprint density at radius 1 is 1.28 bits per heavy atom. The molecule has 1 fully saturated rings. The zero-order valence-electron chi connectivity index (χ0n) is 14.3. The van der Waals surface area contributed by atoms with Gasteiger partial charge in [0, 0.05) is 31.2 Å². The van der Waals surface area contributed by atoms with Crippen molar-refractivity contribution < 1.29 is 4.74 Å². The molecule has 1 aromatic carbocycles. The van der Waals surface area contributed by atoms with E-state index in [1.807, 2.05) is 25.1 Å². The molecule has 3 heterocycles. The first-order valence-corrected chi connectivity index (χ1v) is 9.65. The third kappa shape index (κ3) is 3.62. The van der Waals surface area contributed by atoms with E-state index >= 15 is 0 Å². The standard InChI is InChI=1S/C20H22N2O2S/c1-14-10-18-16(2-6-21-20(18)23)11-19(14)24-17-3-7-22(8-4-17)12-15-5-9-25-13-15/h2,5-6,9-11,13,17H,3-4,7-8,12H2,1H3,(H,21,23). The fourth-order valence-electron chi connectivity index (χ4n) is 3.46. The zero-order chi connectivity index (χ0) is 17.2. The molecule has 1 N–H and O–H groups in total. The Bertz CT molecular complexity index is 909. The minimum atomic E-state index is -0.0473. The van der Waals surface area contributed by atoms with E-state index < -0.39 is 0 Å². The van der Waals surface area contributed by atoms with Crippen molar-refractivity contribution in [2.24, 2.45) is 0 Å². The number of aromatic nitrogens is 1. The van der Waals surface area contributed by atoms with Crippen LogP contribution in [0.2, 0.25) is 0 Å². The van der Waals surface area contributed by atoms with Crippen molar-refractivity contribution in [3.63, 3.8) is 0 Å². The molecule has 0 saturated carbocycles. The number of aryl methyl sites for hydroxylation is 1. The number of pyridine rings is 1. The van der Waals surface area contributed by atoms with Crippen molar-refractivity contribution in [1.29, 1.82) is 0 Å². The maximum absolute atomic E-state index is 11.9. The van der Waals surface area contributed by atoms with E-state index in [4.69, 9.17) is 4.74 Å². The van der Waals surface area contributed by atoms with Crippen molar-refractivity contribution in [2.45, 2.75) is 32.4 Å². The van der Waals surface area contributed by atoms with Gasteiger partial charge in [-0.2, -0.15) is 11.3 Å². The number of hydrogen-bond acceptors (Lipinski definition) is 4. The second-order valence-electron chi connectivity index (χ2n) is 6.74. The number of nitrogens with zero attached hydrogens (tertiary/aromatic N) is 1. The number of likely N-dealkylation sites (tertiary alicyclic amines) is 1. The quantitative estimate of drug-likeness (QED) is 0.772. The van der Waals surface area contributed by atoms with Gasteiger partial charge in [-0.05, 0) is 71.3 Å². The van der Waals surface area contributed by atoms with Crippen LogP contribution < -0.4 is 10.3 Å². The molecule has 5 heteroatoms.